The van der Waals surface area contributed by atoms with Crippen molar-refractivity contribution in [1.82, 2.24) is 9.97 Å². The van der Waals surface area contributed by atoms with Crippen molar-refractivity contribution in [2.75, 3.05) is 12.0 Å². The fourth-order valence-corrected chi connectivity index (χ4v) is 3.09. The predicted molar refractivity (Wildman–Crippen MR) is 73.6 cm³/mol. The Labute approximate surface area is 113 Å². The quantitative estimate of drug-likeness (QED) is 0.486. The molecule has 0 saturated heterocycles. The maximum absolute atomic E-state index is 5.61. The molecule has 104 valence electrons. The maximum Gasteiger partial charge on any atom is 0.149 e. The average molecular weight is 262 g/mol. The topological polar surface area (TPSA) is 73.1 Å². The fourth-order valence-electron chi connectivity index (χ4n) is 3.09. The number of aromatic nitrogens is 2. The summed E-state index contributed by atoms with van der Waals surface area (Å²) in [6, 6.07) is 0. The van der Waals surface area contributed by atoms with Crippen molar-refractivity contribution in [3.63, 3.8) is 0 Å². The Morgan fingerprint density at radius 2 is 1.89 bits per heavy atom. The summed E-state index contributed by atoms with van der Waals surface area (Å²) in [4.78, 5) is 9.44. The molecule has 0 amide bonds. The Morgan fingerprint density at radius 1 is 1.11 bits per heavy atom. The minimum absolute atomic E-state index is 0.503. The molecule has 0 atom stereocenters. The van der Waals surface area contributed by atoms with E-state index in [0.717, 1.165) is 35.9 Å². The molecular formula is C14H22N4O. The zero-order valence-corrected chi connectivity index (χ0v) is 11.3. The normalized spacial score (nSPS) is 20.7. The third-order valence-electron chi connectivity index (χ3n) is 4.20. The molecule has 0 unspecified atom stereocenters. The van der Waals surface area contributed by atoms with E-state index < -0.39 is 0 Å². The van der Waals surface area contributed by atoms with Crippen molar-refractivity contribution in [1.29, 1.82) is 0 Å². The molecule has 3 N–H and O–H groups in total. The van der Waals surface area contributed by atoms with Crippen LogP contribution in [0.3, 0.4) is 0 Å². The van der Waals surface area contributed by atoms with E-state index >= 15 is 0 Å². The molecule has 19 heavy (non-hydrogen) atoms. The van der Waals surface area contributed by atoms with Gasteiger partial charge in [0, 0.05) is 17.9 Å². The van der Waals surface area contributed by atoms with Crippen LogP contribution in [0.2, 0.25) is 0 Å². The van der Waals surface area contributed by atoms with Gasteiger partial charge in [0.1, 0.15) is 11.6 Å². The van der Waals surface area contributed by atoms with E-state index in [4.69, 9.17) is 15.6 Å². The third kappa shape index (κ3) is 2.72. The molecule has 1 aromatic heterocycles. The third-order valence-corrected chi connectivity index (χ3v) is 4.20. The summed E-state index contributed by atoms with van der Waals surface area (Å²) in [5.74, 6) is 7.85. The number of hydrogen-bond acceptors (Lipinski definition) is 5. The first-order chi connectivity index (χ1) is 9.38. The largest absolute Gasteiger partial charge is 0.376 e. The lowest BCUT2D eigenvalue weighted by Gasteiger charge is -2.21. The van der Waals surface area contributed by atoms with Crippen LogP contribution in [-0.4, -0.2) is 16.6 Å². The van der Waals surface area contributed by atoms with Gasteiger partial charge in [0.05, 0.1) is 18.9 Å². The predicted octanol–water partition coefficient (Wildman–Crippen LogP) is 2.27. The van der Waals surface area contributed by atoms with Crippen LogP contribution >= 0.6 is 0 Å². The van der Waals surface area contributed by atoms with Crippen LogP contribution in [-0.2, 0) is 17.8 Å². The monoisotopic (exact) mass is 262 g/mol. The smallest absolute Gasteiger partial charge is 0.149 e. The Balaban J connectivity index is 1.92. The van der Waals surface area contributed by atoms with Gasteiger partial charge in [-0.05, 0) is 12.8 Å². The minimum Gasteiger partial charge on any atom is -0.376 e. The lowest BCUT2D eigenvalue weighted by atomic mass is 9.98. The van der Waals surface area contributed by atoms with Crippen LogP contribution in [0, 0.1) is 0 Å². The number of fused-ring (bicyclic) bond motifs is 1. The van der Waals surface area contributed by atoms with Crippen molar-refractivity contribution in [2.24, 2.45) is 5.84 Å². The van der Waals surface area contributed by atoms with E-state index in [2.05, 4.69) is 10.4 Å². The summed E-state index contributed by atoms with van der Waals surface area (Å²) in [6.07, 6.45) is 8.55. The summed E-state index contributed by atoms with van der Waals surface area (Å²) in [7, 11) is 0. The molecule has 1 aliphatic heterocycles. The second-order valence-electron chi connectivity index (χ2n) is 5.49. The van der Waals surface area contributed by atoms with Gasteiger partial charge in [0.25, 0.3) is 0 Å². The number of ether oxygens (including phenoxy) is 1. The fraction of sp³-hybridized carbons (Fsp3) is 0.714. The second kappa shape index (κ2) is 5.84. The van der Waals surface area contributed by atoms with Gasteiger partial charge < -0.3 is 10.2 Å². The summed E-state index contributed by atoms with van der Waals surface area (Å²) in [6.45, 7) is 1.32. The van der Waals surface area contributed by atoms with E-state index in [-0.39, 0.29) is 0 Å². The summed E-state index contributed by atoms with van der Waals surface area (Å²) < 4.78 is 5.47. The Bertz CT molecular complexity index is 424. The van der Waals surface area contributed by atoms with E-state index in [1.165, 1.54) is 38.5 Å². The lowest BCUT2D eigenvalue weighted by Crippen LogP contribution is -2.21. The Kier molecular flexibility index (Phi) is 3.94. The molecular weight excluding hydrogens is 240 g/mol. The molecule has 1 aliphatic carbocycles. The number of anilines is 1. The number of nitrogens with two attached hydrogens (primary N) is 1. The Morgan fingerprint density at radius 3 is 2.63 bits per heavy atom. The zero-order valence-electron chi connectivity index (χ0n) is 11.3. The summed E-state index contributed by atoms with van der Waals surface area (Å²) >= 11 is 0. The van der Waals surface area contributed by atoms with Crippen molar-refractivity contribution < 1.29 is 4.74 Å². The van der Waals surface area contributed by atoms with Gasteiger partial charge in [-0.3, -0.25) is 0 Å². The standard InChI is InChI=1S/C14H22N4O/c15-18-14-11-9-19-8-7-12(11)16-13(17-14)10-5-3-1-2-4-6-10/h10H,1-9,15H2,(H,16,17,18). The molecule has 2 aliphatic rings. The van der Waals surface area contributed by atoms with Gasteiger partial charge in [-0.2, -0.15) is 0 Å². The van der Waals surface area contributed by atoms with Crippen LogP contribution in [0.25, 0.3) is 0 Å². The van der Waals surface area contributed by atoms with Crippen molar-refractivity contribution in [2.45, 2.75) is 57.5 Å². The van der Waals surface area contributed by atoms with Gasteiger partial charge in [-0.15, -0.1) is 0 Å². The van der Waals surface area contributed by atoms with Crippen LogP contribution < -0.4 is 11.3 Å². The van der Waals surface area contributed by atoms with Gasteiger partial charge in [-0.1, -0.05) is 25.7 Å². The van der Waals surface area contributed by atoms with Crippen LogP contribution in [0.1, 0.15) is 61.5 Å². The van der Waals surface area contributed by atoms with Crippen molar-refractivity contribution >= 4 is 5.82 Å². The number of nitrogens with zero attached hydrogens (tertiary/aromatic N) is 2. The highest BCUT2D eigenvalue weighted by atomic mass is 16.5. The maximum atomic E-state index is 5.61. The van der Waals surface area contributed by atoms with Gasteiger partial charge in [0.15, 0.2) is 0 Å². The lowest BCUT2D eigenvalue weighted by molar-refractivity contribution is 0.109. The summed E-state index contributed by atoms with van der Waals surface area (Å²) in [5.41, 5.74) is 4.87. The molecule has 0 radical (unpaired) electrons. The average Bonchev–Trinajstić information content (AvgIpc) is 2.75. The minimum atomic E-state index is 0.503. The first-order valence-corrected chi connectivity index (χ1v) is 7.32. The number of nitrogens with one attached hydrogen (secondary N) is 1. The number of hydrazine groups is 1. The molecule has 3 rings (SSSR count). The molecule has 5 heteroatoms. The molecule has 0 bridgehead atoms. The molecule has 1 fully saturated rings. The molecule has 1 saturated carbocycles. The SMILES string of the molecule is NNc1nc(C2CCCCCC2)nc2c1COCC2. The van der Waals surface area contributed by atoms with E-state index in [0.29, 0.717) is 12.5 Å². The van der Waals surface area contributed by atoms with Crippen LogP contribution in [0.5, 0.6) is 0 Å². The zero-order chi connectivity index (χ0) is 13.1. The molecule has 5 nitrogen and oxygen atoms in total. The van der Waals surface area contributed by atoms with Gasteiger partial charge in [-0.25, -0.2) is 15.8 Å². The molecule has 2 heterocycles. The number of rotatable bonds is 2. The number of nitrogen functional groups attached to an aromatic ring is 1. The molecule has 0 spiro atoms. The van der Waals surface area contributed by atoms with Crippen LogP contribution in [0.4, 0.5) is 5.82 Å². The van der Waals surface area contributed by atoms with E-state index in [1.54, 1.807) is 0 Å². The molecule has 1 aromatic rings. The van der Waals surface area contributed by atoms with E-state index in [9.17, 15) is 0 Å². The van der Waals surface area contributed by atoms with E-state index in [1.807, 2.05) is 0 Å². The van der Waals surface area contributed by atoms with Crippen LogP contribution in [0.15, 0.2) is 0 Å². The van der Waals surface area contributed by atoms with Crippen molar-refractivity contribution in [3.05, 3.63) is 17.1 Å². The summed E-state index contributed by atoms with van der Waals surface area (Å²) in [5, 5.41) is 0. The first-order valence-electron chi connectivity index (χ1n) is 7.32. The number of hydrogen-bond donors (Lipinski definition) is 2. The van der Waals surface area contributed by atoms with Gasteiger partial charge >= 0.3 is 0 Å². The Hall–Kier alpha value is -1.20. The highest BCUT2D eigenvalue weighted by Crippen LogP contribution is 2.32. The molecule has 0 aromatic carbocycles. The highest BCUT2D eigenvalue weighted by molar-refractivity contribution is 5.46. The first kappa shape index (κ1) is 12.8. The van der Waals surface area contributed by atoms with Gasteiger partial charge in [0.2, 0.25) is 0 Å². The van der Waals surface area contributed by atoms with Crippen molar-refractivity contribution in [3.8, 4) is 0 Å². The second-order valence-corrected chi connectivity index (χ2v) is 5.49. The highest BCUT2D eigenvalue weighted by Gasteiger charge is 2.22.